The van der Waals surface area contributed by atoms with E-state index in [2.05, 4.69) is 0 Å². The summed E-state index contributed by atoms with van der Waals surface area (Å²) >= 11 is 11.8. The van der Waals surface area contributed by atoms with Crippen molar-refractivity contribution in [1.29, 1.82) is 0 Å². The van der Waals surface area contributed by atoms with Crippen molar-refractivity contribution >= 4 is 34.8 Å². The zero-order chi connectivity index (χ0) is 11.9. The molecule has 2 N–H and O–H groups in total. The van der Waals surface area contributed by atoms with Crippen molar-refractivity contribution in [1.82, 2.24) is 0 Å². The van der Waals surface area contributed by atoms with Gasteiger partial charge in [0.2, 0.25) is 0 Å². The van der Waals surface area contributed by atoms with Crippen LogP contribution < -0.4 is 15.4 Å². The number of fused-ring (bicyclic) bond motifs is 1. The molecule has 1 heterocycles. The highest BCUT2D eigenvalue weighted by Gasteiger charge is 2.31. The number of nitrogens with zero attached hydrogens (tertiary/aromatic N) is 1. The van der Waals surface area contributed by atoms with Crippen LogP contribution in [0.3, 0.4) is 0 Å². The molecule has 2 rings (SSSR count). The Morgan fingerprint density at radius 3 is 2.69 bits per heavy atom. The molecule has 0 bridgehead atoms. The molecular weight excluding hydrogens is 251 g/mol. The maximum Gasteiger partial charge on any atom is 0.269 e. The molecule has 1 aliphatic heterocycles. The lowest BCUT2D eigenvalue weighted by Gasteiger charge is -2.31. The van der Waals surface area contributed by atoms with E-state index >= 15 is 0 Å². The van der Waals surface area contributed by atoms with E-state index in [0.29, 0.717) is 21.5 Å². The van der Waals surface area contributed by atoms with Crippen molar-refractivity contribution in [2.75, 3.05) is 18.5 Å². The molecule has 1 aromatic rings. The van der Waals surface area contributed by atoms with Gasteiger partial charge >= 0.3 is 0 Å². The molecule has 16 heavy (non-hydrogen) atoms. The zero-order valence-corrected chi connectivity index (χ0v) is 10.0. The standard InChI is InChI=1S/C10H10Cl2N2O2/c1-14-7-2-5(11)6(12)3-8(7)16-9(4-13)10(14)15/h2-3,9H,4,13H2,1H3. The first-order chi connectivity index (χ1) is 7.54. The van der Waals surface area contributed by atoms with E-state index in [1.54, 1.807) is 19.2 Å². The SMILES string of the molecule is CN1C(=O)C(CN)Oc2cc(Cl)c(Cl)cc21. The first-order valence-corrected chi connectivity index (χ1v) is 5.43. The average molecular weight is 261 g/mol. The van der Waals surface area contributed by atoms with Gasteiger partial charge in [-0.05, 0) is 6.07 Å². The molecule has 0 aliphatic carbocycles. The number of anilines is 1. The Morgan fingerprint density at radius 1 is 1.44 bits per heavy atom. The second kappa shape index (κ2) is 4.13. The Kier molecular flexibility index (Phi) is 2.97. The van der Waals surface area contributed by atoms with Gasteiger partial charge in [0.05, 0.1) is 15.7 Å². The fourth-order valence-electron chi connectivity index (χ4n) is 1.56. The van der Waals surface area contributed by atoms with Gasteiger partial charge in [-0.2, -0.15) is 0 Å². The van der Waals surface area contributed by atoms with E-state index in [0.717, 1.165) is 0 Å². The maximum atomic E-state index is 11.8. The van der Waals surface area contributed by atoms with Crippen LogP contribution in [0.5, 0.6) is 5.75 Å². The van der Waals surface area contributed by atoms with Gasteiger partial charge in [0.1, 0.15) is 5.75 Å². The van der Waals surface area contributed by atoms with Crippen LogP contribution in [0, 0.1) is 0 Å². The topological polar surface area (TPSA) is 55.6 Å². The van der Waals surface area contributed by atoms with Crippen molar-refractivity contribution in [2.45, 2.75) is 6.10 Å². The summed E-state index contributed by atoms with van der Waals surface area (Å²) in [4.78, 5) is 13.2. The Balaban J connectivity index is 2.50. The Hall–Kier alpha value is -0.970. The number of rotatable bonds is 1. The highest BCUT2D eigenvalue weighted by molar-refractivity contribution is 6.42. The van der Waals surface area contributed by atoms with Crippen LogP contribution in [0.2, 0.25) is 10.0 Å². The third-order valence-electron chi connectivity index (χ3n) is 2.45. The van der Waals surface area contributed by atoms with E-state index < -0.39 is 6.10 Å². The summed E-state index contributed by atoms with van der Waals surface area (Å²) in [5.41, 5.74) is 6.05. The molecule has 0 fully saturated rings. The summed E-state index contributed by atoms with van der Waals surface area (Å²) in [6.45, 7) is 0.128. The van der Waals surface area contributed by atoms with Crippen LogP contribution in [0.25, 0.3) is 0 Å². The van der Waals surface area contributed by atoms with Gasteiger partial charge in [-0.1, -0.05) is 23.2 Å². The van der Waals surface area contributed by atoms with Gasteiger partial charge in [-0.15, -0.1) is 0 Å². The molecule has 0 saturated carbocycles. The fraction of sp³-hybridized carbons (Fsp3) is 0.300. The molecule has 0 radical (unpaired) electrons. The largest absolute Gasteiger partial charge is 0.477 e. The van der Waals surface area contributed by atoms with Crippen LogP contribution in [0.1, 0.15) is 0 Å². The minimum atomic E-state index is -0.658. The Labute approximate surface area is 103 Å². The summed E-state index contributed by atoms with van der Waals surface area (Å²) in [5.74, 6) is 0.334. The van der Waals surface area contributed by atoms with Crippen molar-refractivity contribution < 1.29 is 9.53 Å². The minimum absolute atomic E-state index is 0.128. The highest BCUT2D eigenvalue weighted by Crippen LogP contribution is 2.39. The molecule has 1 aromatic carbocycles. The molecular formula is C10H10Cl2N2O2. The van der Waals surface area contributed by atoms with E-state index in [4.69, 9.17) is 33.7 Å². The summed E-state index contributed by atoms with van der Waals surface area (Å²) in [7, 11) is 1.65. The number of ether oxygens (including phenoxy) is 1. The second-order valence-electron chi connectivity index (χ2n) is 3.47. The normalized spacial score (nSPS) is 19.4. The lowest BCUT2D eigenvalue weighted by Crippen LogP contribution is -2.47. The lowest BCUT2D eigenvalue weighted by molar-refractivity contribution is -0.125. The number of likely N-dealkylation sites (N-methyl/N-ethyl adjacent to an activating group) is 1. The van der Waals surface area contributed by atoms with Crippen LogP contribution in [-0.2, 0) is 4.79 Å². The molecule has 0 aromatic heterocycles. The van der Waals surface area contributed by atoms with E-state index in [1.165, 1.54) is 4.90 Å². The molecule has 6 heteroatoms. The zero-order valence-electron chi connectivity index (χ0n) is 8.54. The van der Waals surface area contributed by atoms with Crippen molar-refractivity contribution in [3.05, 3.63) is 22.2 Å². The first-order valence-electron chi connectivity index (χ1n) is 4.68. The van der Waals surface area contributed by atoms with Crippen molar-refractivity contribution in [3.8, 4) is 5.75 Å². The second-order valence-corrected chi connectivity index (χ2v) is 4.29. The van der Waals surface area contributed by atoms with Gasteiger partial charge < -0.3 is 15.4 Å². The number of benzene rings is 1. The monoisotopic (exact) mass is 260 g/mol. The van der Waals surface area contributed by atoms with Crippen LogP contribution >= 0.6 is 23.2 Å². The van der Waals surface area contributed by atoms with Gasteiger partial charge in [0.25, 0.3) is 5.91 Å². The number of carbonyl (C=O) groups excluding carboxylic acids is 1. The number of halogens is 2. The summed E-state index contributed by atoms with van der Waals surface area (Å²) in [6, 6.07) is 3.19. The number of carbonyl (C=O) groups is 1. The molecule has 86 valence electrons. The lowest BCUT2D eigenvalue weighted by atomic mass is 10.2. The third kappa shape index (κ3) is 1.73. The number of hydrogen-bond donors (Lipinski definition) is 1. The van der Waals surface area contributed by atoms with E-state index in [9.17, 15) is 4.79 Å². The molecule has 1 unspecified atom stereocenters. The fourth-order valence-corrected chi connectivity index (χ4v) is 1.87. The molecule has 4 nitrogen and oxygen atoms in total. The average Bonchev–Trinajstić information content (AvgIpc) is 2.26. The van der Waals surface area contributed by atoms with E-state index in [-0.39, 0.29) is 12.5 Å². The van der Waals surface area contributed by atoms with Gasteiger partial charge in [0, 0.05) is 19.7 Å². The Bertz CT molecular complexity index is 451. The number of amides is 1. The van der Waals surface area contributed by atoms with Crippen molar-refractivity contribution in [3.63, 3.8) is 0 Å². The van der Waals surface area contributed by atoms with E-state index in [1.807, 2.05) is 0 Å². The van der Waals surface area contributed by atoms with Gasteiger partial charge in [-0.3, -0.25) is 4.79 Å². The quantitative estimate of drug-likeness (QED) is 0.836. The van der Waals surface area contributed by atoms with Crippen LogP contribution in [0.4, 0.5) is 5.69 Å². The smallest absolute Gasteiger partial charge is 0.269 e. The molecule has 1 atom stereocenters. The minimum Gasteiger partial charge on any atom is -0.477 e. The predicted molar refractivity (Wildman–Crippen MR) is 63.3 cm³/mol. The molecule has 0 saturated heterocycles. The summed E-state index contributed by atoms with van der Waals surface area (Å²) in [5, 5.41) is 0.772. The predicted octanol–water partition coefficient (Wildman–Crippen LogP) is 1.68. The van der Waals surface area contributed by atoms with Crippen LogP contribution in [-0.4, -0.2) is 25.6 Å². The summed E-state index contributed by atoms with van der Waals surface area (Å²) < 4.78 is 5.44. The molecule has 1 aliphatic rings. The van der Waals surface area contributed by atoms with Gasteiger partial charge in [0.15, 0.2) is 6.10 Å². The Morgan fingerprint density at radius 2 is 2.06 bits per heavy atom. The summed E-state index contributed by atoms with van der Waals surface area (Å²) in [6.07, 6.45) is -0.658. The van der Waals surface area contributed by atoms with Gasteiger partial charge in [-0.25, -0.2) is 0 Å². The molecule has 0 spiro atoms. The number of nitrogens with two attached hydrogens (primary N) is 1. The number of hydrogen-bond acceptors (Lipinski definition) is 3. The highest BCUT2D eigenvalue weighted by atomic mass is 35.5. The van der Waals surface area contributed by atoms with Crippen molar-refractivity contribution in [2.24, 2.45) is 5.73 Å². The van der Waals surface area contributed by atoms with Crippen LogP contribution in [0.15, 0.2) is 12.1 Å². The first kappa shape index (κ1) is 11.5. The molecule has 1 amide bonds. The third-order valence-corrected chi connectivity index (χ3v) is 3.17. The maximum absolute atomic E-state index is 11.8.